The molecule has 7 heteroatoms. The number of aryl methyl sites for hydroxylation is 1. The maximum absolute atomic E-state index is 10.4. The summed E-state index contributed by atoms with van der Waals surface area (Å²) in [5.74, 6) is 0.668. The summed E-state index contributed by atoms with van der Waals surface area (Å²) in [6, 6.07) is 4.77. The SMILES string of the molecule is Cc1cc(OCC(O)CNCCNC(N)=O)ccc1Cl. The molecule has 0 bridgehead atoms. The molecule has 0 saturated heterocycles. The second-order valence-electron chi connectivity index (χ2n) is 4.37. The molecular weight excluding hydrogens is 282 g/mol. The second-order valence-corrected chi connectivity index (χ2v) is 4.78. The Labute approximate surface area is 123 Å². The molecule has 6 nitrogen and oxygen atoms in total. The number of rotatable bonds is 8. The minimum atomic E-state index is -0.639. The van der Waals surface area contributed by atoms with E-state index in [1.807, 2.05) is 13.0 Å². The summed E-state index contributed by atoms with van der Waals surface area (Å²) < 4.78 is 5.46. The molecule has 112 valence electrons. The molecule has 0 fully saturated rings. The van der Waals surface area contributed by atoms with Gasteiger partial charge in [-0.15, -0.1) is 0 Å². The van der Waals surface area contributed by atoms with E-state index in [1.54, 1.807) is 12.1 Å². The van der Waals surface area contributed by atoms with Crippen molar-refractivity contribution in [2.45, 2.75) is 13.0 Å². The van der Waals surface area contributed by atoms with Gasteiger partial charge in [-0.25, -0.2) is 4.79 Å². The Morgan fingerprint density at radius 2 is 2.25 bits per heavy atom. The Bertz CT molecular complexity index is 443. The van der Waals surface area contributed by atoms with E-state index in [2.05, 4.69) is 10.6 Å². The highest BCUT2D eigenvalue weighted by atomic mass is 35.5. The number of carbonyl (C=O) groups excluding carboxylic acids is 1. The molecule has 0 aliphatic carbocycles. The number of hydrogen-bond donors (Lipinski definition) is 4. The van der Waals surface area contributed by atoms with Crippen molar-refractivity contribution in [1.29, 1.82) is 0 Å². The Hall–Kier alpha value is -1.50. The van der Waals surface area contributed by atoms with Gasteiger partial charge in [0.2, 0.25) is 0 Å². The number of halogens is 1. The van der Waals surface area contributed by atoms with E-state index in [-0.39, 0.29) is 6.61 Å². The molecule has 1 atom stereocenters. The van der Waals surface area contributed by atoms with Gasteiger partial charge in [-0.05, 0) is 30.7 Å². The number of amides is 2. The first-order chi connectivity index (χ1) is 9.49. The van der Waals surface area contributed by atoms with Crippen molar-refractivity contribution in [1.82, 2.24) is 10.6 Å². The second kappa shape index (κ2) is 8.63. The lowest BCUT2D eigenvalue weighted by molar-refractivity contribution is 0.106. The highest BCUT2D eigenvalue weighted by molar-refractivity contribution is 6.31. The van der Waals surface area contributed by atoms with Gasteiger partial charge in [0.15, 0.2) is 0 Å². The number of hydrogen-bond acceptors (Lipinski definition) is 4. The standard InChI is InChI=1S/C13H20ClN3O3/c1-9-6-11(2-3-12(9)14)20-8-10(18)7-16-4-5-17-13(15)19/h2-3,6,10,16,18H,4-5,7-8H2,1H3,(H3,15,17,19). The molecule has 0 heterocycles. The Morgan fingerprint density at radius 1 is 1.50 bits per heavy atom. The van der Waals surface area contributed by atoms with Gasteiger partial charge in [0.25, 0.3) is 0 Å². The van der Waals surface area contributed by atoms with E-state index in [1.165, 1.54) is 0 Å². The van der Waals surface area contributed by atoms with Gasteiger partial charge >= 0.3 is 6.03 Å². The zero-order valence-corrected chi connectivity index (χ0v) is 12.1. The van der Waals surface area contributed by atoms with Gasteiger partial charge in [0, 0.05) is 24.7 Å². The number of ether oxygens (including phenoxy) is 1. The van der Waals surface area contributed by atoms with E-state index in [4.69, 9.17) is 22.1 Å². The van der Waals surface area contributed by atoms with Crippen LogP contribution in [0.2, 0.25) is 5.02 Å². The number of aliphatic hydroxyl groups excluding tert-OH is 1. The molecule has 1 rings (SSSR count). The summed E-state index contributed by atoms with van der Waals surface area (Å²) in [6.45, 7) is 3.38. The maximum atomic E-state index is 10.4. The normalized spacial score (nSPS) is 11.9. The lowest BCUT2D eigenvalue weighted by Crippen LogP contribution is -2.38. The van der Waals surface area contributed by atoms with Crippen LogP contribution in [0.5, 0.6) is 5.75 Å². The van der Waals surface area contributed by atoms with Gasteiger partial charge in [0.05, 0.1) is 0 Å². The monoisotopic (exact) mass is 301 g/mol. The van der Waals surface area contributed by atoms with Gasteiger partial charge < -0.3 is 26.2 Å². The van der Waals surface area contributed by atoms with Crippen LogP contribution in [0.15, 0.2) is 18.2 Å². The van der Waals surface area contributed by atoms with Crippen LogP contribution >= 0.6 is 11.6 Å². The molecule has 20 heavy (non-hydrogen) atoms. The molecule has 5 N–H and O–H groups in total. The third-order valence-corrected chi connectivity index (χ3v) is 2.98. The van der Waals surface area contributed by atoms with E-state index in [0.717, 1.165) is 5.56 Å². The van der Waals surface area contributed by atoms with Gasteiger partial charge in [-0.3, -0.25) is 0 Å². The van der Waals surface area contributed by atoms with Crippen molar-refractivity contribution in [3.63, 3.8) is 0 Å². The molecule has 1 unspecified atom stereocenters. The quantitative estimate of drug-likeness (QED) is 0.530. The van der Waals surface area contributed by atoms with Crippen LogP contribution in [-0.2, 0) is 0 Å². The summed E-state index contributed by atoms with van der Waals surface area (Å²) in [6.07, 6.45) is -0.639. The largest absolute Gasteiger partial charge is 0.491 e. The first-order valence-electron chi connectivity index (χ1n) is 6.30. The van der Waals surface area contributed by atoms with Crippen molar-refractivity contribution in [2.75, 3.05) is 26.2 Å². The number of aliphatic hydroxyl groups is 1. The zero-order chi connectivity index (χ0) is 15.0. The number of carbonyl (C=O) groups is 1. The summed E-state index contributed by atoms with van der Waals surface area (Å²) in [4.78, 5) is 10.4. The number of primary amides is 1. The van der Waals surface area contributed by atoms with Gasteiger partial charge in [-0.2, -0.15) is 0 Å². The molecule has 0 aliphatic heterocycles. The van der Waals surface area contributed by atoms with Crippen LogP contribution in [0.25, 0.3) is 0 Å². The maximum Gasteiger partial charge on any atom is 0.312 e. The Kier molecular flexibility index (Phi) is 7.14. The predicted molar refractivity (Wildman–Crippen MR) is 78.1 cm³/mol. The molecule has 0 radical (unpaired) electrons. The van der Waals surface area contributed by atoms with Crippen molar-refractivity contribution < 1.29 is 14.6 Å². The lowest BCUT2D eigenvalue weighted by Gasteiger charge is -2.14. The zero-order valence-electron chi connectivity index (χ0n) is 11.4. The van der Waals surface area contributed by atoms with Crippen LogP contribution in [0.4, 0.5) is 4.79 Å². The number of nitrogens with one attached hydrogen (secondary N) is 2. The topological polar surface area (TPSA) is 96.6 Å². The molecule has 0 saturated carbocycles. The summed E-state index contributed by atoms with van der Waals surface area (Å²) in [5.41, 5.74) is 5.84. The highest BCUT2D eigenvalue weighted by Crippen LogP contribution is 2.20. The van der Waals surface area contributed by atoms with Crippen molar-refractivity contribution in [2.24, 2.45) is 5.73 Å². The Morgan fingerprint density at radius 3 is 2.90 bits per heavy atom. The van der Waals surface area contributed by atoms with Crippen molar-refractivity contribution in [3.05, 3.63) is 28.8 Å². The van der Waals surface area contributed by atoms with Crippen molar-refractivity contribution in [3.8, 4) is 5.75 Å². The number of urea groups is 1. The summed E-state index contributed by atoms with van der Waals surface area (Å²) in [7, 11) is 0. The third kappa shape index (κ3) is 6.60. The van der Waals surface area contributed by atoms with E-state index in [0.29, 0.717) is 30.4 Å². The highest BCUT2D eigenvalue weighted by Gasteiger charge is 2.05. The molecule has 0 spiro atoms. The average Bonchev–Trinajstić information content (AvgIpc) is 2.39. The van der Waals surface area contributed by atoms with Gasteiger partial charge in [0.1, 0.15) is 18.5 Å². The fraction of sp³-hybridized carbons (Fsp3) is 0.462. The number of nitrogens with two attached hydrogens (primary N) is 1. The van der Waals surface area contributed by atoms with Crippen LogP contribution in [0, 0.1) is 6.92 Å². The fourth-order valence-corrected chi connectivity index (χ4v) is 1.62. The smallest absolute Gasteiger partial charge is 0.312 e. The minimum absolute atomic E-state index is 0.178. The fourth-order valence-electron chi connectivity index (χ4n) is 1.50. The van der Waals surface area contributed by atoms with Gasteiger partial charge in [-0.1, -0.05) is 11.6 Å². The van der Waals surface area contributed by atoms with E-state index in [9.17, 15) is 9.90 Å². The summed E-state index contributed by atoms with van der Waals surface area (Å²) >= 11 is 5.91. The first kappa shape index (κ1) is 16.6. The van der Waals surface area contributed by atoms with E-state index >= 15 is 0 Å². The molecule has 1 aromatic carbocycles. The van der Waals surface area contributed by atoms with Crippen molar-refractivity contribution >= 4 is 17.6 Å². The molecule has 0 aliphatic rings. The molecule has 0 aromatic heterocycles. The predicted octanol–water partition coefficient (Wildman–Crippen LogP) is 0.646. The number of benzene rings is 1. The molecular formula is C13H20ClN3O3. The molecule has 1 aromatic rings. The Balaban J connectivity index is 2.17. The van der Waals surface area contributed by atoms with Crippen LogP contribution in [0.1, 0.15) is 5.56 Å². The van der Waals surface area contributed by atoms with Crippen LogP contribution in [0.3, 0.4) is 0 Å². The van der Waals surface area contributed by atoms with E-state index < -0.39 is 12.1 Å². The average molecular weight is 302 g/mol. The minimum Gasteiger partial charge on any atom is -0.491 e. The third-order valence-electron chi connectivity index (χ3n) is 2.55. The summed E-state index contributed by atoms with van der Waals surface area (Å²) in [5, 5.41) is 15.8. The van der Waals surface area contributed by atoms with Crippen LogP contribution in [-0.4, -0.2) is 43.5 Å². The lowest BCUT2D eigenvalue weighted by atomic mass is 10.2. The van der Waals surface area contributed by atoms with Crippen LogP contribution < -0.4 is 21.1 Å². The molecule has 2 amide bonds. The first-order valence-corrected chi connectivity index (χ1v) is 6.68.